The highest BCUT2D eigenvalue weighted by Crippen LogP contribution is 2.19. The van der Waals surface area contributed by atoms with E-state index in [0.717, 1.165) is 18.5 Å². The van der Waals surface area contributed by atoms with E-state index in [1.54, 1.807) is 16.5 Å². The van der Waals surface area contributed by atoms with Gasteiger partial charge >= 0.3 is 6.09 Å². The van der Waals surface area contributed by atoms with Crippen molar-refractivity contribution in [2.45, 2.75) is 25.9 Å². The molecule has 134 valence electrons. The number of pyridine rings is 1. The molecule has 0 bridgehead atoms. The van der Waals surface area contributed by atoms with Gasteiger partial charge in [-0.2, -0.15) is 0 Å². The normalized spacial score (nSPS) is 15.6. The topological polar surface area (TPSA) is 64.0 Å². The van der Waals surface area contributed by atoms with Gasteiger partial charge in [-0.05, 0) is 27.1 Å². The van der Waals surface area contributed by atoms with Crippen molar-refractivity contribution in [3.63, 3.8) is 0 Å². The Morgan fingerprint density at radius 1 is 1.29 bits per heavy atom. The van der Waals surface area contributed by atoms with Crippen LogP contribution in [0.3, 0.4) is 0 Å². The van der Waals surface area contributed by atoms with Crippen LogP contribution in [0, 0.1) is 6.92 Å². The molecule has 2 heterocycles. The Kier molecular flexibility index (Phi) is 6.25. The van der Waals surface area contributed by atoms with E-state index in [4.69, 9.17) is 9.47 Å². The van der Waals surface area contributed by atoms with Crippen LogP contribution >= 0.6 is 0 Å². The molecule has 1 saturated heterocycles. The van der Waals surface area contributed by atoms with Gasteiger partial charge in [-0.25, -0.2) is 4.79 Å². The quantitative estimate of drug-likeness (QED) is 0.809. The molecule has 1 aromatic heterocycles. The Bertz CT molecular complexity index is 619. The number of aromatic nitrogens is 1. The van der Waals surface area contributed by atoms with Crippen molar-refractivity contribution >= 4 is 6.09 Å². The molecule has 0 aliphatic carbocycles. The number of amides is 1. The maximum absolute atomic E-state index is 12.0. The van der Waals surface area contributed by atoms with Crippen LogP contribution in [-0.2, 0) is 11.8 Å². The lowest BCUT2D eigenvalue weighted by molar-refractivity contribution is 0.0645. The molecule has 1 fully saturated rings. The van der Waals surface area contributed by atoms with Gasteiger partial charge in [-0.15, -0.1) is 0 Å². The van der Waals surface area contributed by atoms with Crippen molar-refractivity contribution in [1.82, 2.24) is 14.4 Å². The number of piperidine rings is 1. The molecule has 0 spiro atoms. The molecule has 0 atom stereocenters. The second kappa shape index (κ2) is 8.19. The van der Waals surface area contributed by atoms with Crippen LogP contribution < -0.4 is 10.3 Å². The zero-order chi connectivity index (χ0) is 17.7. The van der Waals surface area contributed by atoms with Gasteiger partial charge in [0, 0.05) is 51.3 Å². The van der Waals surface area contributed by atoms with E-state index in [-0.39, 0.29) is 17.8 Å². The van der Waals surface area contributed by atoms with Crippen molar-refractivity contribution in [3.8, 4) is 5.75 Å². The standard InChI is InChI=1S/C17H27N3O4/c1-13-11-15(12-16(21)19(13)4)24-14-5-7-20(8-6-14)17(22)23-10-9-18(2)3/h11-12,14H,5-10H2,1-4H3. The highest BCUT2D eigenvalue weighted by molar-refractivity contribution is 5.67. The fraction of sp³-hybridized carbons (Fsp3) is 0.647. The summed E-state index contributed by atoms with van der Waals surface area (Å²) in [4.78, 5) is 27.5. The van der Waals surface area contributed by atoms with Crippen LogP contribution in [0.2, 0.25) is 0 Å². The molecule has 7 heteroatoms. The second-order valence-electron chi connectivity index (χ2n) is 6.45. The summed E-state index contributed by atoms with van der Waals surface area (Å²) in [5.74, 6) is 0.600. The lowest BCUT2D eigenvalue weighted by Crippen LogP contribution is -2.42. The number of rotatable bonds is 5. The molecule has 2 rings (SSSR count). The largest absolute Gasteiger partial charge is 0.490 e. The fourth-order valence-electron chi connectivity index (χ4n) is 2.56. The molecular weight excluding hydrogens is 310 g/mol. The SMILES string of the molecule is Cc1cc(OC2CCN(C(=O)OCCN(C)C)CC2)cc(=O)n1C. The Hall–Kier alpha value is -2.02. The van der Waals surface area contributed by atoms with E-state index >= 15 is 0 Å². The van der Waals surface area contributed by atoms with Gasteiger partial charge in [0.25, 0.3) is 5.56 Å². The predicted octanol–water partition coefficient (Wildman–Crippen LogP) is 1.24. The molecular formula is C17H27N3O4. The van der Waals surface area contributed by atoms with Crippen LogP contribution in [0.25, 0.3) is 0 Å². The van der Waals surface area contributed by atoms with E-state index in [0.29, 0.717) is 32.0 Å². The smallest absolute Gasteiger partial charge is 0.409 e. The number of aryl methyl sites for hydroxylation is 1. The summed E-state index contributed by atoms with van der Waals surface area (Å²) >= 11 is 0. The van der Waals surface area contributed by atoms with Gasteiger partial charge in [0.15, 0.2) is 0 Å². The first-order chi connectivity index (χ1) is 11.4. The van der Waals surface area contributed by atoms with Crippen molar-refractivity contribution in [2.24, 2.45) is 7.05 Å². The van der Waals surface area contributed by atoms with Crippen LogP contribution in [0.1, 0.15) is 18.5 Å². The summed E-state index contributed by atoms with van der Waals surface area (Å²) in [5.41, 5.74) is 0.784. The summed E-state index contributed by atoms with van der Waals surface area (Å²) in [6, 6.07) is 3.37. The third-order valence-electron chi connectivity index (χ3n) is 4.24. The van der Waals surface area contributed by atoms with Gasteiger partial charge in [-0.3, -0.25) is 4.79 Å². The molecule has 0 N–H and O–H groups in total. The number of likely N-dealkylation sites (tertiary alicyclic amines) is 1. The highest BCUT2D eigenvalue weighted by atomic mass is 16.6. The summed E-state index contributed by atoms with van der Waals surface area (Å²) in [6.45, 7) is 4.20. The molecule has 1 aromatic rings. The third kappa shape index (κ3) is 4.99. The monoisotopic (exact) mass is 337 g/mol. The lowest BCUT2D eigenvalue weighted by atomic mass is 10.1. The number of hydrogen-bond acceptors (Lipinski definition) is 5. The van der Waals surface area contributed by atoms with E-state index in [1.807, 2.05) is 32.0 Å². The zero-order valence-electron chi connectivity index (χ0n) is 14.9. The maximum Gasteiger partial charge on any atom is 0.409 e. The fourth-order valence-corrected chi connectivity index (χ4v) is 2.56. The Balaban J connectivity index is 1.80. The van der Waals surface area contributed by atoms with Gasteiger partial charge in [0.05, 0.1) is 0 Å². The molecule has 24 heavy (non-hydrogen) atoms. The van der Waals surface area contributed by atoms with Crippen LogP contribution in [0.15, 0.2) is 16.9 Å². The van der Waals surface area contributed by atoms with Crippen molar-refractivity contribution in [2.75, 3.05) is 40.3 Å². The van der Waals surface area contributed by atoms with Gasteiger partial charge in [0.1, 0.15) is 18.5 Å². The third-order valence-corrected chi connectivity index (χ3v) is 4.24. The number of hydrogen-bond donors (Lipinski definition) is 0. The molecule has 0 unspecified atom stereocenters. The van der Waals surface area contributed by atoms with Crippen molar-refractivity contribution in [3.05, 3.63) is 28.2 Å². The van der Waals surface area contributed by atoms with Crippen molar-refractivity contribution in [1.29, 1.82) is 0 Å². The van der Waals surface area contributed by atoms with Crippen LogP contribution in [0.5, 0.6) is 5.75 Å². The Labute approximate surface area is 142 Å². The van der Waals surface area contributed by atoms with E-state index < -0.39 is 0 Å². The summed E-state index contributed by atoms with van der Waals surface area (Å²) in [5, 5.41) is 0. The van der Waals surface area contributed by atoms with Gasteiger partial charge < -0.3 is 23.8 Å². The van der Waals surface area contributed by atoms with E-state index in [2.05, 4.69) is 0 Å². The zero-order valence-corrected chi connectivity index (χ0v) is 14.9. The van der Waals surface area contributed by atoms with Gasteiger partial charge in [-0.1, -0.05) is 0 Å². The number of carbonyl (C=O) groups is 1. The molecule has 1 aliphatic heterocycles. The van der Waals surface area contributed by atoms with Crippen molar-refractivity contribution < 1.29 is 14.3 Å². The Morgan fingerprint density at radius 2 is 1.96 bits per heavy atom. The first-order valence-electron chi connectivity index (χ1n) is 8.27. The van der Waals surface area contributed by atoms with E-state index in [9.17, 15) is 9.59 Å². The highest BCUT2D eigenvalue weighted by Gasteiger charge is 2.25. The van der Waals surface area contributed by atoms with Crippen LogP contribution in [-0.4, -0.2) is 66.9 Å². The van der Waals surface area contributed by atoms with Crippen LogP contribution in [0.4, 0.5) is 4.79 Å². The minimum Gasteiger partial charge on any atom is -0.490 e. The molecule has 0 saturated carbocycles. The number of likely N-dealkylation sites (N-methyl/N-ethyl adjacent to an activating group) is 1. The molecule has 1 amide bonds. The summed E-state index contributed by atoms with van der Waals surface area (Å²) in [6.07, 6.45) is 1.22. The number of carbonyl (C=O) groups excluding carboxylic acids is 1. The lowest BCUT2D eigenvalue weighted by Gasteiger charge is -2.31. The minimum atomic E-state index is -0.264. The predicted molar refractivity (Wildman–Crippen MR) is 91.5 cm³/mol. The van der Waals surface area contributed by atoms with E-state index in [1.165, 1.54) is 6.07 Å². The summed E-state index contributed by atoms with van der Waals surface area (Å²) in [7, 11) is 5.62. The van der Waals surface area contributed by atoms with Gasteiger partial charge in [0.2, 0.25) is 0 Å². The average Bonchev–Trinajstić information content (AvgIpc) is 2.52. The molecule has 0 aromatic carbocycles. The average molecular weight is 337 g/mol. The minimum absolute atomic E-state index is 0.0160. The molecule has 0 radical (unpaired) electrons. The maximum atomic E-state index is 12.0. The first kappa shape index (κ1) is 18.3. The number of ether oxygens (including phenoxy) is 2. The second-order valence-corrected chi connectivity index (χ2v) is 6.45. The number of nitrogens with zero attached hydrogens (tertiary/aromatic N) is 3. The summed E-state index contributed by atoms with van der Waals surface area (Å²) < 4.78 is 12.7. The first-order valence-corrected chi connectivity index (χ1v) is 8.27. The molecule has 1 aliphatic rings. The molecule has 7 nitrogen and oxygen atoms in total. The Morgan fingerprint density at radius 3 is 2.54 bits per heavy atom.